The second kappa shape index (κ2) is 17.4. The van der Waals surface area contributed by atoms with E-state index in [0.29, 0.717) is 25.0 Å². The van der Waals surface area contributed by atoms with E-state index in [2.05, 4.69) is 65.4 Å². The van der Waals surface area contributed by atoms with Gasteiger partial charge in [-0.1, -0.05) is 99.2 Å². The lowest BCUT2D eigenvalue weighted by atomic mass is 9.75. The molecule has 3 N–H and O–H groups in total. The second-order valence-electron chi connectivity index (χ2n) is 16.0. The summed E-state index contributed by atoms with van der Waals surface area (Å²) in [6, 6.07) is 24.5. The lowest BCUT2D eigenvalue weighted by molar-refractivity contribution is -0.278. The van der Waals surface area contributed by atoms with Crippen LogP contribution in [-0.4, -0.2) is 58.9 Å². The fourth-order valence-corrected chi connectivity index (χ4v) is 8.32. The summed E-state index contributed by atoms with van der Waals surface area (Å²) in [6.07, 6.45) is 6.71. The maximum Gasteiger partial charge on any atom is 0.407 e. The number of carbonyl (C=O) groups excluding carboxylic acids is 2. The van der Waals surface area contributed by atoms with Crippen molar-refractivity contribution < 1.29 is 28.9 Å². The molecule has 2 saturated heterocycles. The van der Waals surface area contributed by atoms with E-state index in [1.54, 1.807) is 0 Å². The molecule has 1 saturated carbocycles. The van der Waals surface area contributed by atoms with Crippen LogP contribution in [-0.2, 0) is 32.2 Å². The molecule has 2 heterocycles. The van der Waals surface area contributed by atoms with Crippen molar-refractivity contribution in [2.24, 2.45) is 11.8 Å². The number of alkyl carbamates (subject to hydrolysis) is 1. The van der Waals surface area contributed by atoms with Gasteiger partial charge in [-0.15, -0.1) is 0 Å². The summed E-state index contributed by atoms with van der Waals surface area (Å²) < 4.78 is 18.8. The molecule has 7 atom stereocenters. The number of aliphatic hydroxyl groups is 1. The van der Waals surface area contributed by atoms with E-state index < -0.39 is 12.4 Å². The van der Waals surface area contributed by atoms with Gasteiger partial charge in [0.15, 0.2) is 6.29 Å². The highest BCUT2D eigenvalue weighted by Gasteiger charge is 2.46. The minimum Gasteiger partial charge on any atom is -0.445 e. The maximum atomic E-state index is 13.9. The molecule has 53 heavy (non-hydrogen) atoms. The van der Waals surface area contributed by atoms with Gasteiger partial charge in [0.1, 0.15) is 6.61 Å². The molecular weight excluding hydrogens is 666 g/mol. The van der Waals surface area contributed by atoms with Crippen LogP contribution in [0.3, 0.4) is 0 Å². The Morgan fingerprint density at radius 3 is 2.38 bits per heavy atom. The zero-order valence-electron chi connectivity index (χ0n) is 31.8. The summed E-state index contributed by atoms with van der Waals surface area (Å²) in [5.74, 6) is 0.714. The van der Waals surface area contributed by atoms with Crippen molar-refractivity contribution in [1.82, 2.24) is 15.5 Å². The number of aliphatic hydroxyl groups excluding tert-OH is 1. The minimum atomic E-state index is -0.612. The average molecular weight is 724 g/mol. The number of ether oxygens (including phenoxy) is 3. The number of nitrogens with zero attached hydrogens (tertiary/aromatic N) is 1. The number of hydrogen-bond donors (Lipinski definition) is 3. The molecule has 9 nitrogen and oxygen atoms in total. The van der Waals surface area contributed by atoms with Crippen LogP contribution in [0, 0.1) is 11.8 Å². The van der Waals surface area contributed by atoms with E-state index in [9.17, 15) is 14.7 Å². The third kappa shape index (κ3) is 9.75. The number of rotatable bonds is 11. The van der Waals surface area contributed by atoms with Gasteiger partial charge in [0.2, 0.25) is 5.91 Å². The molecule has 1 aliphatic carbocycles. The summed E-state index contributed by atoms with van der Waals surface area (Å²) >= 11 is 0. The smallest absolute Gasteiger partial charge is 0.407 e. The lowest BCUT2D eigenvalue weighted by Crippen LogP contribution is -2.61. The van der Waals surface area contributed by atoms with Crippen LogP contribution in [0.25, 0.3) is 11.1 Å². The predicted molar refractivity (Wildman–Crippen MR) is 207 cm³/mol. The summed E-state index contributed by atoms with van der Waals surface area (Å²) in [5, 5.41) is 15.8. The first-order valence-electron chi connectivity index (χ1n) is 19.3. The SMILES string of the molecule is C=CCOC(=O)NCc1cccc(-c2ccc(C3OC(CN4C(C(=O)NC(C)(C)C)CCC5CCCCC54)C(C)C(c4ccc(CO)cc4)O3)cc2)c1. The Hall–Kier alpha value is -4.02. The van der Waals surface area contributed by atoms with Crippen molar-refractivity contribution in [3.05, 3.63) is 108 Å². The van der Waals surface area contributed by atoms with E-state index in [1.165, 1.54) is 25.3 Å². The van der Waals surface area contributed by atoms with Crippen LogP contribution in [0.2, 0.25) is 0 Å². The Morgan fingerprint density at radius 1 is 0.925 bits per heavy atom. The van der Waals surface area contributed by atoms with Crippen molar-refractivity contribution in [3.63, 3.8) is 0 Å². The third-order valence-electron chi connectivity index (χ3n) is 11.0. The normalized spacial score (nSPS) is 26.2. The Labute approximate surface area is 315 Å². The van der Waals surface area contributed by atoms with E-state index in [4.69, 9.17) is 14.2 Å². The van der Waals surface area contributed by atoms with Gasteiger partial charge in [0.25, 0.3) is 0 Å². The molecule has 7 unspecified atom stereocenters. The molecule has 3 aliphatic rings. The number of amides is 2. The fraction of sp³-hybridized carbons (Fsp3) is 0.500. The number of nitrogens with one attached hydrogen (secondary N) is 2. The van der Waals surface area contributed by atoms with Crippen molar-refractivity contribution in [1.29, 1.82) is 0 Å². The van der Waals surface area contributed by atoms with Crippen molar-refractivity contribution in [2.45, 2.75) is 115 Å². The van der Waals surface area contributed by atoms with Crippen LogP contribution in [0.15, 0.2) is 85.5 Å². The molecule has 0 aromatic heterocycles. The molecule has 2 amide bonds. The van der Waals surface area contributed by atoms with Gasteiger partial charge in [-0.2, -0.15) is 0 Å². The number of benzene rings is 3. The number of piperidine rings is 1. The number of likely N-dealkylation sites (tertiary alicyclic amines) is 1. The van der Waals surface area contributed by atoms with Crippen molar-refractivity contribution >= 4 is 12.0 Å². The first-order chi connectivity index (χ1) is 25.5. The first kappa shape index (κ1) is 38.7. The Morgan fingerprint density at radius 2 is 1.66 bits per heavy atom. The predicted octanol–water partition coefficient (Wildman–Crippen LogP) is 7.99. The van der Waals surface area contributed by atoms with E-state index >= 15 is 0 Å². The van der Waals surface area contributed by atoms with Crippen LogP contribution < -0.4 is 10.6 Å². The quantitative estimate of drug-likeness (QED) is 0.172. The molecule has 6 rings (SSSR count). The highest BCUT2D eigenvalue weighted by molar-refractivity contribution is 5.82. The second-order valence-corrected chi connectivity index (χ2v) is 16.0. The van der Waals surface area contributed by atoms with Gasteiger partial charge < -0.3 is 30.0 Å². The molecule has 0 bridgehead atoms. The largest absolute Gasteiger partial charge is 0.445 e. The van der Waals surface area contributed by atoms with Gasteiger partial charge in [-0.3, -0.25) is 9.69 Å². The zero-order valence-corrected chi connectivity index (χ0v) is 31.8. The number of carbonyl (C=O) groups is 2. The summed E-state index contributed by atoms with van der Waals surface area (Å²) in [4.78, 5) is 28.3. The van der Waals surface area contributed by atoms with Gasteiger partial charge in [-0.25, -0.2) is 4.79 Å². The zero-order chi connectivity index (χ0) is 37.5. The average Bonchev–Trinajstić information content (AvgIpc) is 3.16. The Balaban J connectivity index is 1.25. The molecule has 3 aromatic rings. The van der Waals surface area contributed by atoms with E-state index in [-0.39, 0.29) is 48.8 Å². The topological polar surface area (TPSA) is 109 Å². The van der Waals surface area contributed by atoms with Gasteiger partial charge in [-0.05, 0) is 86.3 Å². The van der Waals surface area contributed by atoms with Crippen LogP contribution in [0.1, 0.15) is 101 Å². The fourth-order valence-electron chi connectivity index (χ4n) is 8.32. The maximum absolute atomic E-state index is 13.9. The molecule has 3 aromatic carbocycles. The molecule has 284 valence electrons. The summed E-state index contributed by atoms with van der Waals surface area (Å²) in [5.41, 5.74) is 5.53. The molecule has 0 spiro atoms. The standard InChI is InChI=1S/C44H57N3O6/c1-6-24-51-43(50)45-26-31-10-9-12-36(25-31)32-18-20-35(21-19-32)42-52-39(29(2)40(53-42)34-16-14-30(28-48)15-17-34)27-47-37-13-8-7-11-33(37)22-23-38(47)41(49)46-44(3,4)5/h6,9-10,12,14-21,25,29,33,37-40,42,48H,1,7-8,11,13,22-24,26-28H2,2-5H3,(H,45,50)(H,46,49). The van der Waals surface area contributed by atoms with Crippen LogP contribution in [0.5, 0.6) is 0 Å². The van der Waals surface area contributed by atoms with Crippen molar-refractivity contribution in [2.75, 3.05) is 13.2 Å². The van der Waals surface area contributed by atoms with Crippen LogP contribution >= 0.6 is 0 Å². The highest BCUT2D eigenvalue weighted by Crippen LogP contribution is 2.44. The number of fused-ring (bicyclic) bond motifs is 1. The molecular formula is C44H57N3O6. The monoisotopic (exact) mass is 723 g/mol. The van der Waals surface area contributed by atoms with E-state index in [1.807, 2.05) is 57.2 Å². The van der Waals surface area contributed by atoms with E-state index in [0.717, 1.165) is 52.6 Å². The highest BCUT2D eigenvalue weighted by atomic mass is 16.7. The molecule has 0 radical (unpaired) electrons. The van der Waals surface area contributed by atoms with Crippen LogP contribution in [0.4, 0.5) is 4.79 Å². The van der Waals surface area contributed by atoms with Crippen molar-refractivity contribution in [3.8, 4) is 11.1 Å². The Bertz CT molecular complexity index is 1690. The molecule has 2 aliphatic heterocycles. The van der Waals surface area contributed by atoms with Gasteiger partial charge in [0.05, 0.1) is 24.9 Å². The van der Waals surface area contributed by atoms with Gasteiger partial charge >= 0.3 is 6.09 Å². The third-order valence-corrected chi connectivity index (χ3v) is 11.0. The minimum absolute atomic E-state index is 0.00574. The summed E-state index contributed by atoms with van der Waals surface area (Å²) in [6.45, 7) is 13.1. The molecule has 9 heteroatoms. The first-order valence-corrected chi connectivity index (χ1v) is 19.3. The molecule has 3 fully saturated rings. The number of hydrogen-bond acceptors (Lipinski definition) is 7. The lowest BCUT2D eigenvalue weighted by Gasteiger charge is -2.51. The van der Waals surface area contributed by atoms with Gasteiger partial charge in [0, 0.05) is 36.2 Å². The summed E-state index contributed by atoms with van der Waals surface area (Å²) in [7, 11) is 0. The Kier molecular flexibility index (Phi) is 12.7.